The number of halogens is 1. The Morgan fingerprint density at radius 3 is 2.65 bits per heavy atom. The summed E-state index contributed by atoms with van der Waals surface area (Å²) in [6.45, 7) is 0. The molecule has 0 unspecified atom stereocenters. The van der Waals surface area contributed by atoms with Crippen molar-refractivity contribution in [2.45, 2.75) is 4.90 Å². The second-order valence-electron chi connectivity index (χ2n) is 4.05. The average Bonchev–Trinajstić information content (AvgIpc) is 2.74. The van der Waals surface area contributed by atoms with Crippen LogP contribution < -0.4 is 10.5 Å². The number of nitrogens with zero attached hydrogens (tertiary/aromatic N) is 2. The molecule has 0 spiro atoms. The van der Waals surface area contributed by atoms with Gasteiger partial charge in [-0.3, -0.25) is 9.48 Å². The number of hydrogen-bond acceptors (Lipinski definition) is 4. The van der Waals surface area contributed by atoms with Crippen LogP contribution in [0.3, 0.4) is 0 Å². The highest BCUT2D eigenvalue weighted by molar-refractivity contribution is 7.89. The van der Waals surface area contributed by atoms with Gasteiger partial charge in [0.05, 0.1) is 4.90 Å². The number of nitrogens with one attached hydrogen (secondary N) is 1. The smallest absolute Gasteiger partial charge is 0.276 e. The van der Waals surface area contributed by atoms with Crippen molar-refractivity contribution in [2.75, 3.05) is 5.32 Å². The van der Waals surface area contributed by atoms with Crippen molar-refractivity contribution in [3.8, 4) is 0 Å². The fourth-order valence-electron chi connectivity index (χ4n) is 1.53. The third-order valence-electron chi connectivity index (χ3n) is 2.40. The molecule has 2 rings (SSSR count). The van der Waals surface area contributed by atoms with E-state index in [0.29, 0.717) is 0 Å². The number of primary sulfonamides is 1. The number of anilines is 1. The van der Waals surface area contributed by atoms with Gasteiger partial charge in [-0.1, -0.05) is 0 Å². The number of hydrogen-bond donors (Lipinski definition) is 2. The molecule has 0 saturated carbocycles. The van der Waals surface area contributed by atoms with E-state index in [1.807, 2.05) is 0 Å². The Balaban J connectivity index is 2.30. The molecular formula is C11H11FN4O3S. The van der Waals surface area contributed by atoms with Crippen LogP contribution in [0.5, 0.6) is 0 Å². The van der Waals surface area contributed by atoms with Crippen LogP contribution in [0.25, 0.3) is 0 Å². The predicted octanol–water partition coefficient (Wildman–Crippen LogP) is 0.459. The molecule has 0 aliphatic heterocycles. The highest BCUT2D eigenvalue weighted by Crippen LogP contribution is 2.17. The van der Waals surface area contributed by atoms with Crippen LogP contribution in [0.2, 0.25) is 0 Å². The lowest BCUT2D eigenvalue weighted by atomic mass is 10.3. The van der Waals surface area contributed by atoms with Crippen molar-refractivity contribution < 1.29 is 17.6 Å². The molecule has 1 aromatic carbocycles. The second-order valence-corrected chi connectivity index (χ2v) is 5.61. The number of benzene rings is 1. The Bertz CT molecular complexity index is 770. The largest absolute Gasteiger partial charge is 0.320 e. The number of amides is 1. The fraction of sp³-hybridized carbons (Fsp3) is 0.0909. The van der Waals surface area contributed by atoms with Crippen molar-refractivity contribution >= 4 is 21.6 Å². The van der Waals surface area contributed by atoms with Crippen LogP contribution in [0.4, 0.5) is 10.1 Å². The van der Waals surface area contributed by atoms with E-state index in [9.17, 15) is 17.6 Å². The molecule has 0 bridgehead atoms. The van der Waals surface area contributed by atoms with E-state index in [2.05, 4.69) is 10.4 Å². The summed E-state index contributed by atoms with van der Waals surface area (Å²) in [5.74, 6) is -1.41. The molecule has 2 aromatic rings. The van der Waals surface area contributed by atoms with Crippen LogP contribution in [-0.4, -0.2) is 24.1 Å². The molecule has 3 N–H and O–H groups in total. The van der Waals surface area contributed by atoms with Crippen LogP contribution in [0, 0.1) is 5.82 Å². The predicted molar refractivity (Wildman–Crippen MR) is 68.9 cm³/mol. The first-order valence-corrected chi connectivity index (χ1v) is 6.95. The lowest BCUT2D eigenvalue weighted by molar-refractivity contribution is 0.102. The van der Waals surface area contributed by atoms with Crippen LogP contribution >= 0.6 is 0 Å². The van der Waals surface area contributed by atoms with Gasteiger partial charge in [0.1, 0.15) is 5.82 Å². The maximum Gasteiger partial charge on any atom is 0.276 e. The third kappa shape index (κ3) is 3.19. The Morgan fingerprint density at radius 1 is 1.40 bits per heavy atom. The van der Waals surface area contributed by atoms with Crippen molar-refractivity contribution in [3.63, 3.8) is 0 Å². The molecule has 1 aromatic heterocycles. The summed E-state index contributed by atoms with van der Waals surface area (Å²) in [7, 11) is -2.42. The van der Waals surface area contributed by atoms with E-state index in [-0.39, 0.29) is 11.4 Å². The molecule has 0 aliphatic carbocycles. The number of aryl methyl sites for hydroxylation is 1. The van der Waals surface area contributed by atoms with Crippen LogP contribution in [0.15, 0.2) is 35.4 Å². The lowest BCUT2D eigenvalue weighted by Crippen LogP contribution is -2.16. The zero-order valence-corrected chi connectivity index (χ0v) is 11.2. The molecule has 0 atom stereocenters. The summed E-state index contributed by atoms with van der Waals surface area (Å²) >= 11 is 0. The molecule has 0 radical (unpaired) electrons. The summed E-state index contributed by atoms with van der Waals surface area (Å²) in [4.78, 5) is 11.4. The van der Waals surface area contributed by atoms with E-state index < -0.39 is 26.6 Å². The number of carbonyl (C=O) groups excluding carboxylic acids is 1. The average molecular weight is 298 g/mol. The number of sulfonamides is 1. The molecule has 1 heterocycles. The summed E-state index contributed by atoms with van der Waals surface area (Å²) in [5, 5.41) is 11.1. The molecule has 9 heteroatoms. The quantitative estimate of drug-likeness (QED) is 0.858. The molecule has 1 amide bonds. The van der Waals surface area contributed by atoms with Gasteiger partial charge in [-0.15, -0.1) is 0 Å². The van der Waals surface area contributed by atoms with Gasteiger partial charge in [0.25, 0.3) is 5.91 Å². The normalized spacial score (nSPS) is 11.3. The summed E-state index contributed by atoms with van der Waals surface area (Å²) in [5.41, 5.74) is 0.0959. The number of nitrogens with two attached hydrogens (primary N) is 1. The first-order chi connectivity index (χ1) is 9.25. The zero-order valence-electron chi connectivity index (χ0n) is 10.4. The second kappa shape index (κ2) is 5.02. The van der Waals surface area contributed by atoms with Gasteiger partial charge in [0, 0.05) is 18.9 Å². The first-order valence-electron chi connectivity index (χ1n) is 5.40. The van der Waals surface area contributed by atoms with Gasteiger partial charge < -0.3 is 5.32 Å². The minimum absolute atomic E-state index is 0.0234. The molecule has 106 valence electrons. The molecule has 0 fully saturated rings. The molecular weight excluding hydrogens is 287 g/mol. The number of rotatable bonds is 3. The maximum absolute atomic E-state index is 13.3. The topological polar surface area (TPSA) is 107 Å². The molecule has 7 nitrogen and oxygen atoms in total. The Morgan fingerprint density at radius 2 is 2.10 bits per heavy atom. The Kier molecular flexibility index (Phi) is 3.55. The summed E-state index contributed by atoms with van der Waals surface area (Å²) < 4.78 is 37.1. The highest BCUT2D eigenvalue weighted by atomic mass is 32.2. The Hall–Kier alpha value is -2.26. The van der Waals surface area contributed by atoms with E-state index >= 15 is 0 Å². The minimum atomic E-state index is -4.06. The van der Waals surface area contributed by atoms with Crippen LogP contribution in [0.1, 0.15) is 10.5 Å². The third-order valence-corrected chi connectivity index (χ3v) is 3.30. The lowest BCUT2D eigenvalue weighted by Gasteiger charge is -2.06. The van der Waals surface area contributed by atoms with Crippen molar-refractivity contribution in [1.82, 2.24) is 9.78 Å². The maximum atomic E-state index is 13.3. The van der Waals surface area contributed by atoms with E-state index in [0.717, 1.165) is 18.2 Å². The van der Waals surface area contributed by atoms with Gasteiger partial charge in [0.2, 0.25) is 10.0 Å². The SMILES string of the molecule is Cn1ccc(C(=O)Nc2cc(F)cc(S(N)(=O)=O)c2)n1. The first kappa shape index (κ1) is 14.2. The van der Waals surface area contributed by atoms with Crippen molar-refractivity contribution in [3.05, 3.63) is 42.0 Å². The standard InChI is InChI=1S/C11H11FN4O3S/c1-16-3-2-10(15-16)11(17)14-8-4-7(12)5-9(6-8)20(13,18)19/h2-6H,1H3,(H,14,17)(H2,13,18,19). The van der Waals surface area contributed by atoms with Gasteiger partial charge in [0.15, 0.2) is 5.69 Å². The summed E-state index contributed by atoms with van der Waals surface area (Å²) in [6.07, 6.45) is 1.57. The zero-order chi connectivity index (χ0) is 14.9. The molecule has 20 heavy (non-hydrogen) atoms. The summed E-state index contributed by atoms with van der Waals surface area (Å²) in [6, 6.07) is 4.29. The molecule has 0 saturated heterocycles. The number of aromatic nitrogens is 2. The van der Waals surface area contributed by atoms with Gasteiger partial charge >= 0.3 is 0 Å². The van der Waals surface area contributed by atoms with E-state index in [1.54, 1.807) is 13.2 Å². The minimum Gasteiger partial charge on any atom is -0.320 e. The van der Waals surface area contributed by atoms with Gasteiger partial charge in [-0.05, 0) is 24.3 Å². The van der Waals surface area contributed by atoms with Crippen molar-refractivity contribution in [2.24, 2.45) is 12.2 Å². The highest BCUT2D eigenvalue weighted by Gasteiger charge is 2.14. The number of carbonyl (C=O) groups is 1. The van der Waals surface area contributed by atoms with Crippen molar-refractivity contribution in [1.29, 1.82) is 0 Å². The monoisotopic (exact) mass is 298 g/mol. The fourth-order valence-corrected chi connectivity index (χ4v) is 2.10. The van der Waals surface area contributed by atoms with Gasteiger partial charge in [-0.25, -0.2) is 17.9 Å². The molecule has 0 aliphatic rings. The van der Waals surface area contributed by atoms with E-state index in [1.165, 1.54) is 10.7 Å². The van der Waals surface area contributed by atoms with Gasteiger partial charge in [-0.2, -0.15) is 5.10 Å². The van der Waals surface area contributed by atoms with Crippen LogP contribution in [-0.2, 0) is 17.1 Å². The van der Waals surface area contributed by atoms with E-state index in [4.69, 9.17) is 5.14 Å². The Labute approximate surface area is 114 Å².